The standard InChI is InChI=1S/C18H21ClFN5O3/c1-23-15-14(16(26)24(2)18(23)27)25(17(22-15)21-8-5-9-28-3)10-11-12(19)6-4-7-13(11)20/h4,6-7H,5,8-10H2,1-3H3,(H,21,22). The summed E-state index contributed by atoms with van der Waals surface area (Å²) in [4.78, 5) is 29.5. The van der Waals surface area contributed by atoms with Gasteiger partial charge in [0.05, 0.1) is 6.54 Å². The minimum atomic E-state index is -0.511. The predicted octanol–water partition coefficient (Wildman–Crippen LogP) is 1.72. The van der Waals surface area contributed by atoms with E-state index in [-0.39, 0.29) is 28.3 Å². The quantitative estimate of drug-likeness (QED) is 0.601. The molecule has 0 amide bonds. The average Bonchev–Trinajstić information content (AvgIpc) is 3.03. The summed E-state index contributed by atoms with van der Waals surface area (Å²) in [5.74, 6) is -0.134. The molecule has 0 unspecified atom stereocenters. The summed E-state index contributed by atoms with van der Waals surface area (Å²) in [6.45, 7) is 1.06. The number of hydrogen-bond donors (Lipinski definition) is 1. The first-order chi connectivity index (χ1) is 13.4. The van der Waals surface area contributed by atoms with Crippen LogP contribution >= 0.6 is 11.6 Å². The summed E-state index contributed by atoms with van der Waals surface area (Å²) in [5.41, 5.74) is -0.354. The van der Waals surface area contributed by atoms with Crippen LogP contribution in [0.3, 0.4) is 0 Å². The number of nitrogens with one attached hydrogen (secondary N) is 1. The SMILES string of the molecule is COCCCNc1nc2c(c(=O)n(C)c(=O)n2C)n1Cc1c(F)cccc1Cl. The summed E-state index contributed by atoms with van der Waals surface area (Å²) >= 11 is 6.17. The molecule has 0 radical (unpaired) electrons. The third-order valence-corrected chi connectivity index (χ3v) is 4.89. The second kappa shape index (κ2) is 8.15. The smallest absolute Gasteiger partial charge is 0.332 e. The van der Waals surface area contributed by atoms with Crippen LogP contribution in [-0.2, 0) is 25.4 Å². The Morgan fingerprint density at radius 2 is 2.00 bits per heavy atom. The highest BCUT2D eigenvalue weighted by Crippen LogP contribution is 2.24. The number of aryl methyl sites for hydroxylation is 1. The topological polar surface area (TPSA) is 83.1 Å². The van der Waals surface area contributed by atoms with Crippen molar-refractivity contribution in [1.29, 1.82) is 0 Å². The van der Waals surface area contributed by atoms with E-state index in [4.69, 9.17) is 16.3 Å². The fraction of sp³-hybridized carbons (Fsp3) is 0.389. The van der Waals surface area contributed by atoms with E-state index >= 15 is 0 Å². The molecule has 28 heavy (non-hydrogen) atoms. The van der Waals surface area contributed by atoms with Crippen LogP contribution < -0.4 is 16.6 Å². The highest BCUT2D eigenvalue weighted by molar-refractivity contribution is 6.31. The Labute approximate surface area is 165 Å². The number of benzene rings is 1. The van der Waals surface area contributed by atoms with Gasteiger partial charge in [0.15, 0.2) is 11.2 Å². The lowest BCUT2D eigenvalue weighted by Gasteiger charge is -2.12. The molecule has 8 nitrogen and oxygen atoms in total. The molecule has 0 aliphatic carbocycles. The maximum absolute atomic E-state index is 14.4. The normalized spacial score (nSPS) is 11.3. The Kier molecular flexibility index (Phi) is 5.85. The number of fused-ring (bicyclic) bond motifs is 1. The van der Waals surface area contributed by atoms with Gasteiger partial charge in [-0.15, -0.1) is 0 Å². The lowest BCUT2D eigenvalue weighted by molar-refractivity contribution is 0.197. The van der Waals surface area contributed by atoms with Gasteiger partial charge in [0.1, 0.15) is 5.82 Å². The van der Waals surface area contributed by atoms with Crippen LogP contribution in [0, 0.1) is 5.82 Å². The zero-order chi connectivity index (χ0) is 20.4. The lowest BCUT2D eigenvalue weighted by atomic mass is 10.2. The summed E-state index contributed by atoms with van der Waals surface area (Å²) in [6.07, 6.45) is 0.705. The van der Waals surface area contributed by atoms with Crippen LogP contribution in [0.25, 0.3) is 11.2 Å². The zero-order valence-electron chi connectivity index (χ0n) is 15.8. The van der Waals surface area contributed by atoms with Crippen molar-refractivity contribution in [2.75, 3.05) is 25.6 Å². The molecule has 3 aromatic rings. The maximum Gasteiger partial charge on any atom is 0.332 e. The van der Waals surface area contributed by atoms with Crippen molar-refractivity contribution >= 4 is 28.7 Å². The van der Waals surface area contributed by atoms with Gasteiger partial charge in [0.2, 0.25) is 5.95 Å². The summed E-state index contributed by atoms with van der Waals surface area (Å²) in [5, 5.41) is 3.38. The van der Waals surface area contributed by atoms with Crippen molar-refractivity contribution in [1.82, 2.24) is 18.7 Å². The Morgan fingerprint density at radius 1 is 1.25 bits per heavy atom. The molecular formula is C18H21ClFN5O3. The number of aromatic nitrogens is 4. The first kappa shape index (κ1) is 20.1. The third-order valence-electron chi connectivity index (χ3n) is 4.53. The molecule has 0 fully saturated rings. The van der Waals surface area contributed by atoms with Gasteiger partial charge in [0.25, 0.3) is 5.56 Å². The summed E-state index contributed by atoms with van der Waals surface area (Å²) < 4.78 is 23.2. The zero-order valence-corrected chi connectivity index (χ0v) is 16.6. The summed E-state index contributed by atoms with van der Waals surface area (Å²) in [6, 6.07) is 4.40. The molecular weight excluding hydrogens is 389 g/mol. The van der Waals surface area contributed by atoms with Gasteiger partial charge in [-0.2, -0.15) is 4.98 Å². The number of imidazole rings is 1. The number of anilines is 1. The van der Waals surface area contributed by atoms with E-state index in [1.807, 2.05) is 0 Å². The third kappa shape index (κ3) is 3.55. The maximum atomic E-state index is 14.4. The van der Waals surface area contributed by atoms with E-state index in [9.17, 15) is 14.0 Å². The van der Waals surface area contributed by atoms with E-state index in [0.717, 1.165) is 4.57 Å². The van der Waals surface area contributed by atoms with E-state index in [1.54, 1.807) is 17.7 Å². The van der Waals surface area contributed by atoms with Crippen LogP contribution in [0.4, 0.5) is 10.3 Å². The second-order valence-corrected chi connectivity index (χ2v) is 6.78. The molecule has 1 N–H and O–H groups in total. The van der Waals surface area contributed by atoms with Crippen molar-refractivity contribution in [2.45, 2.75) is 13.0 Å². The number of halogens is 2. The van der Waals surface area contributed by atoms with E-state index in [2.05, 4.69) is 10.3 Å². The number of nitrogens with zero attached hydrogens (tertiary/aromatic N) is 4. The lowest BCUT2D eigenvalue weighted by Crippen LogP contribution is -2.37. The number of ether oxygens (including phenoxy) is 1. The molecule has 0 spiro atoms. The van der Waals surface area contributed by atoms with Gasteiger partial charge >= 0.3 is 5.69 Å². The largest absolute Gasteiger partial charge is 0.385 e. The van der Waals surface area contributed by atoms with Gasteiger partial charge in [-0.25, -0.2) is 9.18 Å². The van der Waals surface area contributed by atoms with Gasteiger partial charge in [0, 0.05) is 44.9 Å². The first-order valence-electron chi connectivity index (χ1n) is 8.68. The first-order valence-corrected chi connectivity index (χ1v) is 9.06. The monoisotopic (exact) mass is 409 g/mol. The van der Waals surface area contributed by atoms with Crippen LogP contribution in [0.5, 0.6) is 0 Å². The van der Waals surface area contributed by atoms with E-state index in [1.165, 1.54) is 30.8 Å². The molecule has 150 valence electrons. The minimum absolute atomic E-state index is 0.0118. The van der Waals surface area contributed by atoms with Crippen LogP contribution in [0.2, 0.25) is 5.02 Å². The van der Waals surface area contributed by atoms with Gasteiger partial charge in [-0.05, 0) is 18.6 Å². The predicted molar refractivity (Wildman–Crippen MR) is 106 cm³/mol. The summed E-state index contributed by atoms with van der Waals surface area (Å²) in [7, 11) is 4.53. The number of methoxy groups -OCH3 is 1. The molecule has 0 aliphatic rings. The van der Waals surface area contributed by atoms with E-state index in [0.29, 0.717) is 25.5 Å². The Morgan fingerprint density at radius 3 is 2.68 bits per heavy atom. The molecule has 3 rings (SSSR count). The molecule has 0 saturated heterocycles. The van der Waals surface area contributed by atoms with Gasteiger partial charge in [-0.1, -0.05) is 17.7 Å². The van der Waals surface area contributed by atoms with Crippen molar-refractivity contribution < 1.29 is 9.13 Å². The fourth-order valence-corrected chi connectivity index (χ4v) is 3.22. The van der Waals surface area contributed by atoms with Crippen molar-refractivity contribution in [3.8, 4) is 0 Å². The Balaban J connectivity index is 2.19. The van der Waals surface area contributed by atoms with Gasteiger partial charge < -0.3 is 10.1 Å². The second-order valence-electron chi connectivity index (χ2n) is 6.37. The van der Waals surface area contributed by atoms with Crippen LogP contribution in [0.15, 0.2) is 27.8 Å². The molecule has 0 bridgehead atoms. The van der Waals surface area contributed by atoms with Crippen LogP contribution in [-0.4, -0.2) is 38.9 Å². The Hall–Kier alpha value is -2.65. The average molecular weight is 410 g/mol. The highest BCUT2D eigenvalue weighted by atomic mass is 35.5. The van der Waals surface area contributed by atoms with Crippen LogP contribution in [0.1, 0.15) is 12.0 Å². The highest BCUT2D eigenvalue weighted by Gasteiger charge is 2.20. The Bertz CT molecular complexity index is 1110. The molecule has 0 aliphatic heterocycles. The minimum Gasteiger partial charge on any atom is -0.385 e. The van der Waals surface area contributed by atoms with Crippen molar-refractivity contribution in [3.63, 3.8) is 0 Å². The number of rotatable bonds is 7. The van der Waals surface area contributed by atoms with Gasteiger partial charge in [-0.3, -0.25) is 18.5 Å². The molecule has 1 aromatic carbocycles. The van der Waals surface area contributed by atoms with Crippen molar-refractivity contribution in [2.24, 2.45) is 14.1 Å². The van der Waals surface area contributed by atoms with Crippen molar-refractivity contribution in [3.05, 3.63) is 55.4 Å². The molecule has 10 heteroatoms. The number of hydrogen-bond acceptors (Lipinski definition) is 5. The molecule has 2 aromatic heterocycles. The molecule has 2 heterocycles. The van der Waals surface area contributed by atoms with E-state index < -0.39 is 17.1 Å². The molecule has 0 atom stereocenters. The molecule has 0 saturated carbocycles. The fourth-order valence-electron chi connectivity index (χ4n) is 2.99.